The van der Waals surface area contributed by atoms with Crippen LogP contribution in [0.25, 0.3) is 0 Å². The second kappa shape index (κ2) is 7.37. The number of sulfonamides is 1. The Morgan fingerprint density at radius 2 is 1.64 bits per heavy atom. The quantitative estimate of drug-likeness (QED) is 0.636. The minimum Gasteiger partial charge on any atom is -0.360 e. The van der Waals surface area contributed by atoms with Crippen LogP contribution in [-0.2, 0) is 10.0 Å². The number of thiocarbonyl (C=S) groups is 1. The molecule has 3 N–H and O–H groups in total. The van der Waals surface area contributed by atoms with Crippen molar-refractivity contribution in [3.05, 3.63) is 52.5 Å². The number of benzene rings is 2. The molecule has 132 valence electrons. The van der Waals surface area contributed by atoms with Gasteiger partial charge in [0.1, 0.15) is 0 Å². The van der Waals surface area contributed by atoms with E-state index in [1.54, 1.807) is 18.2 Å². The normalized spacial score (nSPS) is 14.0. The van der Waals surface area contributed by atoms with Gasteiger partial charge in [0.05, 0.1) is 20.6 Å². The highest BCUT2D eigenvalue weighted by Gasteiger charge is 2.21. The maximum atomic E-state index is 12.4. The molecule has 0 unspecified atom stereocenters. The molecule has 3 rings (SSSR count). The second-order valence-electron chi connectivity index (χ2n) is 5.63. The molecule has 0 spiro atoms. The summed E-state index contributed by atoms with van der Waals surface area (Å²) < 4.78 is 27.3. The van der Waals surface area contributed by atoms with Gasteiger partial charge < -0.3 is 10.6 Å². The summed E-state index contributed by atoms with van der Waals surface area (Å²) >= 11 is 16.9. The average molecular weight is 416 g/mol. The zero-order chi connectivity index (χ0) is 18.0. The van der Waals surface area contributed by atoms with Gasteiger partial charge in [-0.3, -0.25) is 4.72 Å². The number of nitrogens with one attached hydrogen (secondary N) is 3. The first-order chi connectivity index (χ1) is 11.8. The Morgan fingerprint density at radius 1 is 1.00 bits per heavy atom. The lowest BCUT2D eigenvalue weighted by molar-refractivity contribution is 0.601. The minimum atomic E-state index is -3.73. The Labute approximate surface area is 161 Å². The van der Waals surface area contributed by atoms with Gasteiger partial charge in [0, 0.05) is 11.7 Å². The Kier molecular flexibility index (Phi) is 5.38. The first-order valence-corrected chi connectivity index (χ1v) is 10.1. The lowest BCUT2D eigenvalue weighted by Gasteiger charge is -2.11. The molecule has 1 fully saturated rings. The Bertz CT molecular complexity index is 898. The summed E-state index contributed by atoms with van der Waals surface area (Å²) in [5.74, 6) is 0. The third-order valence-electron chi connectivity index (χ3n) is 3.51. The smallest absolute Gasteiger partial charge is 0.261 e. The third-order valence-corrected chi connectivity index (χ3v) is 5.86. The third kappa shape index (κ3) is 4.98. The van der Waals surface area contributed by atoms with Crippen LogP contribution in [0, 0.1) is 0 Å². The van der Waals surface area contributed by atoms with Crippen molar-refractivity contribution in [3.8, 4) is 0 Å². The highest BCUT2D eigenvalue weighted by atomic mass is 35.5. The summed E-state index contributed by atoms with van der Waals surface area (Å²) in [7, 11) is -3.73. The second-order valence-corrected chi connectivity index (χ2v) is 8.54. The van der Waals surface area contributed by atoms with Crippen LogP contribution >= 0.6 is 35.4 Å². The van der Waals surface area contributed by atoms with Gasteiger partial charge >= 0.3 is 0 Å². The van der Waals surface area contributed by atoms with Crippen molar-refractivity contribution < 1.29 is 8.42 Å². The van der Waals surface area contributed by atoms with E-state index in [9.17, 15) is 8.42 Å². The lowest BCUT2D eigenvalue weighted by Crippen LogP contribution is -2.30. The molecule has 9 heteroatoms. The predicted octanol–water partition coefficient (Wildman–Crippen LogP) is 4.24. The number of hydrogen-bond donors (Lipinski definition) is 3. The van der Waals surface area contributed by atoms with E-state index in [0.717, 1.165) is 12.8 Å². The zero-order valence-corrected chi connectivity index (χ0v) is 16.1. The molecule has 0 aromatic heterocycles. The Morgan fingerprint density at radius 3 is 2.24 bits per heavy atom. The molecule has 5 nitrogen and oxygen atoms in total. The van der Waals surface area contributed by atoms with E-state index in [-0.39, 0.29) is 9.92 Å². The molecule has 2 aromatic carbocycles. The molecule has 1 aliphatic rings. The van der Waals surface area contributed by atoms with Gasteiger partial charge in [-0.1, -0.05) is 23.2 Å². The van der Waals surface area contributed by atoms with Crippen LogP contribution in [0.5, 0.6) is 0 Å². The van der Waals surface area contributed by atoms with E-state index in [1.807, 2.05) is 0 Å². The SMILES string of the molecule is O=S(=O)(Nc1ccc(Cl)c(Cl)c1)c1ccc(NC(=S)NC2CC2)cc1. The maximum absolute atomic E-state index is 12.4. The molecule has 0 atom stereocenters. The topological polar surface area (TPSA) is 70.2 Å². The Balaban J connectivity index is 1.68. The van der Waals surface area contributed by atoms with Gasteiger partial charge in [0.2, 0.25) is 0 Å². The van der Waals surface area contributed by atoms with Crippen LogP contribution in [-0.4, -0.2) is 19.6 Å². The van der Waals surface area contributed by atoms with Crippen LogP contribution in [0.2, 0.25) is 10.0 Å². The summed E-state index contributed by atoms with van der Waals surface area (Å²) in [5, 5.41) is 7.35. The first-order valence-electron chi connectivity index (χ1n) is 7.49. The van der Waals surface area contributed by atoms with Crippen molar-refractivity contribution in [3.63, 3.8) is 0 Å². The van der Waals surface area contributed by atoms with Crippen molar-refractivity contribution in [1.82, 2.24) is 5.32 Å². The van der Waals surface area contributed by atoms with Gasteiger partial charge in [0.25, 0.3) is 10.0 Å². The molecule has 0 aliphatic heterocycles. The van der Waals surface area contributed by atoms with Crippen molar-refractivity contribution >= 4 is 61.9 Å². The van der Waals surface area contributed by atoms with Gasteiger partial charge in [-0.15, -0.1) is 0 Å². The molecule has 0 radical (unpaired) electrons. The van der Waals surface area contributed by atoms with E-state index < -0.39 is 10.0 Å². The fourth-order valence-electron chi connectivity index (χ4n) is 2.07. The number of anilines is 2. The van der Waals surface area contributed by atoms with Gasteiger partial charge in [-0.05, 0) is 67.5 Å². The highest BCUT2D eigenvalue weighted by molar-refractivity contribution is 7.92. The molecule has 1 saturated carbocycles. The van der Waals surface area contributed by atoms with Crippen molar-refractivity contribution in [2.75, 3.05) is 10.0 Å². The molecule has 1 aliphatic carbocycles. The molecule has 0 amide bonds. The summed E-state index contributed by atoms with van der Waals surface area (Å²) in [4.78, 5) is 0.130. The molecule has 25 heavy (non-hydrogen) atoms. The van der Waals surface area contributed by atoms with Gasteiger partial charge in [-0.25, -0.2) is 8.42 Å². The number of hydrogen-bond acceptors (Lipinski definition) is 3. The van der Waals surface area contributed by atoms with E-state index >= 15 is 0 Å². The van der Waals surface area contributed by atoms with Gasteiger partial charge in [-0.2, -0.15) is 0 Å². The van der Waals surface area contributed by atoms with E-state index in [1.165, 1.54) is 24.3 Å². The standard InChI is InChI=1S/C16H15Cl2N3O2S2/c17-14-8-5-12(9-15(14)18)21-25(22,23)13-6-3-11(4-7-13)20-16(24)19-10-1-2-10/h3-10,21H,1-2H2,(H2,19,20,24). The first kappa shape index (κ1) is 18.3. The maximum Gasteiger partial charge on any atom is 0.261 e. The predicted molar refractivity (Wildman–Crippen MR) is 106 cm³/mol. The van der Waals surface area contributed by atoms with Crippen molar-refractivity contribution in [2.24, 2.45) is 0 Å². The molecule has 0 heterocycles. The number of halogens is 2. The number of rotatable bonds is 5. The lowest BCUT2D eigenvalue weighted by atomic mass is 10.3. The summed E-state index contributed by atoms with van der Waals surface area (Å²) in [5.41, 5.74) is 1.05. The van der Waals surface area contributed by atoms with E-state index in [4.69, 9.17) is 35.4 Å². The molecule has 2 aromatic rings. The van der Waals surface area contributed by atoms with Crippen LogP contribution < -0.4 is 15.4 Å². The largest absolute Gasteiger partial charge is 0.360 e. The van der Waals surface area contributed by atoms with E-state index in [0.29, 0.717) is 27.6 Å². The zero-order valence-electron chi connectivity index (χ0n) is 12.9. The van der Waals surface area contributed by atoms with Gasteiger partial charge in [0.15, 0.2) is 5.11 Å². The minimum absolute atomic E-state index is 0.130. The van der Waals surface area contributed by atoms with Crippen LogP contribution in [0.1, 0.15) is 12.8 Å². The molecule has 0 bridgehead atoms. The van der Waals surface area contributed by atoms with Crippen LogP contribution in [0.3, 0.4) is 0 Å². The molecule has 0 saturated heterocycles. The summed E-state index contributed by atoms with van der Waals surface area (Å²) in [6.45, 7) is 0. The van der Waals surface area contributed by atoms with Crippen molar-refractivity contribution in [2.45, 2.75) is 23.8 Å². The average Bonchev–Trinajstić information content (AvgIpc) is 3.35. The van der Waals surface area contributed by atoms with Crippen LogP contribution in [0.4, 0.5) is 11.4 Å². The molecular weight excluding hydrogens is 401 g/mol. The molecular formula is C16H15Cl2N3O2S2. The summed E-state index contributed by atoms with van der Waals surface area (Å²) in [6, 6.07) is 11.3. The Hall–Kier alpha value is -1.54. The van der Waals surface area contributed by atoms with E-state index in [2.05, 4.69) is 15.4 Å². The monoisotopic (exact) mass is 415 g/mol. The fourth-order valence-corrected chi connectivity index (χ4v) is 3.70. The fraction of sp³-hybridized carbons (Fsp3) is 0.188. The van der Waals surface area contributed by atoms with Crippen molar-refractivity contribution in [1.29, 1.82) is 0 Å². The highest BCUT2D eigenvalue weighted by Crippen LogP contribution is 2.26. The van der Waals surface area contributed by atoms with Crippen LogP contribution in [0.15, 0.2) is 47.4 Å². The summed E-state index contributed by atoms with van der Waals surface area (Å²) in [6.07, 6.45) is 2.25.